The number of carbonyl (C=O) groups is 2. The van der Waals surface area contributed by atoms with E-state index in [2.05, 4.69) is 0 Å². The Kier molecular flexibility index (Phi) is 6.13. The minimum Gasteiger partial charge on any atom is -0.456 e. The molecule has 8 heteroatoms. The molecule has 0 saturated heterocycles. The number of anilines is 2. The summed E-state index contributed by atoms with van der Waals surface area (Å²) < 4.78 is 16.7. The average Bonchev–Trinajstić information content (AvgIpc) is 2.90. The molecule has 0 fully saturated rings. The van der Waals surface area contributed by atoms with Crippen molar-refractivity contribution in [3.05, 3.63) is 118 Å². The Morgan fingerprint density at radius 2 is 1.14 bits per heavy atom. The van der Waals surface area contributed by atoms with E-state index in [1.807, 2.05) is 0 Å². The van der Waals surface area contributed by atoms with Crippen LogP contribution in [0.15, 0.2) is 106 Å². The fourth-order valence-electron chi connectivity index (χ4n) is 3.60. The van der Waals surface area contributed by atoms with Crippen LogP contribution in [0.4, 0.5) is 11.4 Å². The summed E-state index contributed by atoms with van der Waals surface area (Å²) in [6.45, 7) is 0. The molecule has 0 unspecified atom stereocenters. The first-order chi connectivity index (χ1) is 17.9. The van der Waals surface area contributed by atoms with E-state index >= 15 is 0 Å². The molecule has 0 saturated carbocycles. The summed E-state index contributed by atoms with van der Waals surface area (Å²) in [6.07, 6.45) is 0. The van der Waals surface area contributed by atoms with E-state index in [-0.39, 0.29) is 16.6 Å². The lowest BCUT2D eigenvalue weighted by atomic mass is 10.1. The van der Waals surface area contributed by atoms with Crippen LogP contribution in [-0.2, 0) is 0 Å². The highest BCUT2D eigenvalue weighted by molar-refractivity contribution is 5.92. The number of fused-ring (bicyclic) bond motifs is 1. The first kappa shape index (κ1) is 23.4. The van der Waals surface area contributed by atoms with Gasteiger partial charge in [-0.2, -0.15) is 0 Å². The Morgan fingerprint density at radius 3 is 1.70 bits per heavy atom. The van der Waals surface area contributed by atoms with Crippen LogP contribution in [0.1, 0.15) is 20.7 Å². The molecule has 5 rings (SSSR count). The molecule has 8 nitrogen and oxygen atoms in total. The normalized spacial score (nSPS) is 10.7. The molecule has 0 radical (unpaired) electrons. The van der Waals surface area contributed by atoms with E-state index in [9.17, 15) is 14.4 Å². The van der Waals surface area contributed by atoms with Gasteiger partial charge in [-0.25, -0.2) is 9.59 Å². The quantitative estimate of drug-likeness (QED) is 0.197. The molecular weight excluding hydrogens is 472 g/mol. The minimum absolute atomic E-state index is 0.210. The molecular formula is C29H20N2O6. The van der Waals surface area contributed by atoms with Crippen LogP contribution in [0.2, 0.25) is 0 Å². The molecule has 1 heterocycles. The van der Waals surface area contributed by atoms with Gasteiger partial charge in [0.1, 0.15) is 22.8 Å². The average molecular weight is 492 g/mol. The van der Waals surface area contributed by atoms with Crippen LogP contribution in [-0.4, -0.2) is 11.9 Å². The predicted octanol–water partition coefficient (Wildman–Crippen LogP) is 5.06. The third-order valence-corrected chi connectivity index (χ3v) is 5.55. The van der Waals surface area contributed by atoms with Gasteiger partial charge in [0.25, 0.3) is 0 Å². The fourth-order valence-corrected chi connectivity index (χ4v) is 3.60. The van der Waals surface area contributed by atoms with Crippen LogP contribution in [0, 0.1) is 0 Å². The van der Waals surface area contributed by atoms with E-state index in [4.69, 9.17) is 25.4 Å². The van der Waals surface area contributed by atoms with E-state index < -0.39 is 11.9 Å². The van der Waals surface area contributed by atoms with E-state index in [0.29, 0.717) is 45.2 Å². The SMILES string of the molecule is Nc1ccc(C(=O)Oc2ccc(-c3cc(=O)c4cc(OC(=O)c5ccc(N)cc5)ccc4o3)cc2)cc1. The Labute approximate surface area is 210 Å². The molecule has 5 aromatic rings. The minimum atomic E-state index is -0.572. The van der Waals surface area contributed by atoms with Gasteiger partial charge in [-0.15, -0.1) is 0 Å². The van der Waals surface area contributed by atoms with Crippen LogP contribution in [0.25, 0.3) is 22.3 Å². The largest absolute Gasteiger partial charge is 0.456 e. The summed E-state index contributed by atoms with van der Waals surface area (Å²) in [5.74, 6) is -0.209. The number of carbonyl (C=O) groups excluding carboxylic acids is 2. The lowest BCUT2D eigenvalue weighted by Crippen LogP contribution is -2.09. The van der Waals surface area contributed by atoms with Crippen LogP contribution in [0.3, 0.4) is 0 Å². The molecule has 4 aromatic carbocycles. The highest BCUT2D eigenvalue weighted by atomic mass is 16.5. The molecule has 0 aliphatic carbocycles. The lowest BCUT2D eigenvalue weighted by Gasteiger charge is -2.08. The zero-order valence-electron chi connectivity index (χ0n) is 19.3. The third-order valence-electron chi connectivity index (χ3n) is 5.55. The van der Waals surface area contributed by atoms with Crippen LogP contribution < -0.4 is 26.4 Å². The van der Waals surface area contributed by atoms with Gasteiger partial charge >= 0.3 is 11.9 Å². The smallest absolute Gasteiger partial charge is 0.343 e. The second kappa shape index (κ2) is 9.71. The van der Waals surface area contributed by atoms with Gasteiger partial charge in [0.05, 0.1) is 16.5 Å². The third kappa shape index (κ3) is 5.18. The predicted molar refractivity (Wildman–Crippen MR) is 140 cm³/mol. The summed E-state index contributed by atoms with van der Waals surface area (Å²) in [6, 6.07) is 25.2. The molecule has 0 aliphatic rings. The van der Waals surface area contributed by atoms with Gasteiger partial charge in [0.15, 0.2) is 5.43 Å². The number of nitrogen functional groups attached to an aromatic ring is 2. The molecule has 182 valence electrons. The van der Waals surface area contributed by atoms with E-state index in [1.54, 1.807) is 84.9 Å². The number of hydrogen-bond acceptors (Lipinski definition) is 8. The topological polar surface area (TPSA) is 135 Å². The van der Waals surface area contributed by atoms with Crippen molar-refractivity contribution in [1.29, 1.82) is 0 Å². The monoisotopic (exact) mass is 492 g/mol. The molecule has 4 N–H and O–H groups in total. The first-order valence-electron chi connectivity index (χ1n) is 11.2. The molecule has 0 bridgehead atoms. The highest BCUT2D eigenvalue weighted by Gasteiger charge is 2.13. The number of benzene rings is 4. The first-order valence-corrected chi connectivity index (χ1v) is 11.2. The summed E-state index contributed by atoms with van der Waals surface area (Å²) >= 11 is 0. The van der Waals surface area contributed by atoms with Crippen molar-refractivity contribution >= 4 is 34.3 Å². The standard InChI is InChI=1S/C29H20N2O6/c30-20-7-1-18(2-8-20)28(33)35-22-11-5-17(6-12-22)27-16-25(32)24-15-23(13-14-26(24)37-27)36-29(34)19-3-9-21(31)10-4-19/h1-16H,30-31H2. The molecule has 0 spiro atoms. The number of hydrogen-bond donors (Lipinski definition) is 2. The van der Waals surface area contributed by atoms with Crippen molar-refractivity contribution in [2.75, 3.05) is 11.5 Å². The number of ether oxygens (including phenoxy) is 2. The van der Waals surface area contributed by atoms with Gasteiger partial charge in [-0.05, 0) is 91.0 Å². The molecule has 0 atom stereocenters. The van der Waals surface area contributed by atoms with Gasteiger partial charge in [-0.3, -0.25) is 4.79 Å². The summed E-state index contributed by atoms with van der Waals surface area (Å²) in [5.41, 5.74) is 13.7. The van der Waals surface area contributed by atoms with Crippen molar-refractivity contribution in [1.82, 2.24) is 0 Å². The Morgan fingerprint density at radius 1 is 0.622 bits per heavy atom. The van der Waals surface area contributed by atoms with Crippen molar-refractivity contribution in [2.45, 2.75) is 0 Å². The number of rotatable bonds is 5. The van der Waals surface area contributed by atoms with Crippen LogP contribution in [0.5, 0.6) is 11.5 Å². The summed E-state index contributed by atoms with van der Waals surface area (Å²) in [4.78, 5) is 37.5. The van der Waals surface area contributed by atoms with Crippen LogP contribution >= 0.6 is 0 Å². The maximum atomic E-state index is 12.8. The van der Waals surface area contributed by atoms with Gasteiger partial charge in [0.2, 0.25) is 0 Å². The Balaban J connectivity index is 1.33. The van der Waals surface area contributed by atoms with Crippen molar-refractivity contribution < 1.29 is 23.5 Å². The summed E-state index contributed by atoms with van der Waals surface area (Å²) in [5, 5.41) is 0.264. The van der Waals surface area contributed by atoms with E-state index in [1.165, 1.54) is 12.1 Å². The molecule has 0 aliphatic heterocycles. The molecule has 37 heavy (non-hydrogen) atoms. The van der Waals surface area contributed by atoms with Gasteiger partial charge in [0, 0.05) is 23.0 Å². The Hall–Kier alpha value is -5.37. The highest BCUT2D eigenvalue weighted by Crippen LogP contribution is 2.27. The van der Waals surface area contributed by atoms with Crippen molar-refractivity contribution in [3.63, 3.8) is 0 Å². The van der Waals surface area contributed by atoms with Gasteiger partial charge in [-0.1, -0.05) is 0 Å². The number of nitrogens with two attached hydrogens (primary N) is 2. The van der Waals surface area contributed by atoms with E-state index in [0.717, 1.165) is 0 Å². The lowest BCUT2D eigenvalue weighted by molar-refractivity contribution is 0.0725. The Bertz CT molecular complexity index is 1670. The maximum absolute atomic E-state index is 12.8. The zero-order valence-corrected chi connectivity index (χ0v) is 19.3. The zero-order chi connectivity index (χ0) is 25.9. The van der Waals surface area contributed by atoms with Gasteiger partial charge < -0.3 is 25.4 Å². The fraction of sp³-hybridized carbons (Fsp3) is 0. The summed E-state index contributed by atoms with van der Waals surface area (Å²) in [7, 11) is 0. The molecule has 1 aromatic heterocycles. The number of esters is 2. The second-order valence-electron chi connectivity index (χ2n) is 8.18. The van der Waals surface area contributed by atoms with Crippen molar-refractivity contribution in [3.8, 4) is 22.8 Å². The van der Waals surface area contributed by atoms with Crippen molar-refractivity contribution in [2.24, 2.45) is 0 Å². The second-order valence-corrected chi connectivity index (χ2v) is 8.18. The maximum Gasteiger partial charge on any atom is 0.343 e. The molecule has 0 amide bonds.